The second-order valence-electron chi connectivity index (χ2n) is 7.98. The van der Waals surface area contributed by atoms with Gasteiger partial charge in [0.1, 0.15) is 6.29 Å². The third-order valence-electron chi connectivity index (χ3n) is 4.71. The Morgan fingerprint density at radius 3 is 1.85 bits per heavy atom. The van der Waals surface area contributed by atoms with Gasteiger partial charge in [0, 0.05) is 6.61 Å². The van der Waals surface area contributed by atoms with Gasteiger partial charge in [0.25, 0.3) is 8.32 Å². The van der Waals surface area contributed by atoms with Crippen molar-refractivity contribution < 1.29 is 9.22 Å². The highest BCUT2D eigenvalue weighted by Crippen LogP contribution is 2.37. The average molecular weight is 367 g/mol. The van der Waals surface area contributed by atoms with Crippen LogP contribution >= 0.6 is 0 Å². The predicted molar refractivity (Wildman–Crippen MR) is 113 cm³/mol. The van der Waals surface area contributed by atoms with E-state index in [-0.39, 0.29) is 11.0 Å². The Morgan fingerprint density at radius 1 is 1.00 bits per heavy atom. The molecular weight excluding hydrogens is 336 g/mol. The van der Waals surface area contributed by atoms with Gasteiger partial charge < -0.3 is 4.43 Å². The van der Waals surface area contributed by atoms with Gasteiger partial charge in [0.15, 0.2) is 0 Å². The maximum atomic E-state index is 10.9. The molecular formula is C23H30O2Si. The number of benzene rings is 2. The zero-order valence-electron chi connectivity index (χ0n) is 16.5. The minimum Gasteiger partial charge on any atom is -0.407 e. The fourth-order valence-corrected chi connectivity index (χ4v) is 8.22. The second kappa shape index (κ2) is 8.61. The van der Waals surface area contributed by atoms with Gasteiger partial charge in [-0.15, -0.1) is 0 Å². The molecule has 2 nitrogen and oxygen atoms in total. The highest BCUT2D eigenvalue weighted by Gasteiger charge is 2.50. The van der Waals surface area contributed by atoms with Crippen LogP contribution in [0.5, 0.6) is 0 Å². The maximum Gasteiger partial charge on any atom is 0.261 e. The van der Waals surface area contributed by atoms with Crippen LogP contribution in [-0.2, 0) is 9.22 Å². The second-order valence-corrected chi connectivity index (χ2v) is 12.3. The molecule has 2 aromatic carbocycles. The largest absolute Gasteiger partial charge is 0.407 e. The average Bonchev–Trinajstić information content (AvgIpc) is 2.62. The van der Waals surface area contributed by atoms with Crippen LogP contribution in [0.15, 0.2) is 72.3 Å². The number of rotatable bonds is 7. The number of hydrogen-bond donors (Lipinski definition) is 0. The Balaban J connectivity index is 2.52. The predicted octanol–water partition coefficient (Wildman–Crippen LogP) is 4.34. The molecule has 0 saturated heterocycles. The van der Waals surface area contributed by atoms with Crippen LogP contribution in [0.4, 0.5) is 0 Å². The Morgan fingerprint density at radius 2 is 1.46 bits per heavy atom. The summed E-state index contributed by atoms with van der Waals surface area (Å²) in [5.74, 6) is 0.182. The third-order valence-corrected chi connectivity index (χ3v) is 9.72. The Hall–Kier alpha value is -1.97. The molecule has 0 saturated carbocycles. The van der Waals surface area contributed by atoms with Gasteiger partial charge in [-0.3, -0.25) is 4.79 Å². The monoisotopic (exact) mass is 366 g/mol. The molecule has 0 bridgehead atoms. The SMILES string of the molecule is C/C(C=O)=C\[C@@H](C)CO[Si](c1ccccc1)(c1ccccc1)C(C)(C)C. The van der Waals surface area contributed by atoms with Crippen LogP contribution < -0.4 is 10.4 Å². The number of carbonyl (C=O) groups is 1. The van der Waals surface area contributed by atoms with Crippen LogP contribution in [0, 0.1) is 5.92 Å². The van der Waals surface area contributed by atoms with Gasteiger partial charge in [-0.05, 0) is 33.8 Å². The molecule has 1 atom stereocenters. The van der Waals surface area contributed by atoms with Crippen molar-refractivity contribution in [2.75, 3.05) is 6.61 Å². The van der Waals surface area contributed by atoms with Gasteiger partial charge in [0.05, 0.1) is 0 Å². The van der Waals surface area contributed by atoms with E-state index in [4.69, 9.17) is 4.43 Å². The van der Waals surface area contributed by atoms with Crippen molar-refractivity contribution >= 4 is 25.0 Å². The third kappa shape index (κ3) is 4.40. The molecule has 0 aliphatic rings. The molecule has 0 amide bonds. The first-order valence-electron chi connectivity index (χ1n) is 9.20. The van der Waals surface area contributed by atoms with Crippen molar-refractivity contribution in [2.45, 2.75) is 39.7 Å². The Labute approximate surface area is 159 Å². The lowest BCUT2D eigenvalue weighted by Gasteiger charge is -2.43. The van der Waals surface area contributed by atoms with Crippen molar-refractivity contribution in [3.8, 4) is 0 Å². The maximum absolute atomic E-state index is 10.9. The number of aldehydes is 1. The molecule has 2 aromatic rings. The molecule has 0 spiro atoms. The Bertz CT molecular complexity index is 690. The molecule has 0 N–H and O–H groups in total. The summed E-state index contributed by atoms with van der Waals surface area (Å²) in [6.45, 7) is 11.4. The number of allylic oxidation sites excluding steroid dienone is 1. The molecule has 0 heterocycles. The van der Waals surface area contributed by atoms with Crippen molar-refractivity contribution in [3.05, 3.63) is 72.3 Å². The van der Waals surface area contributed by atoms with E-state index in [0.29, 0.717) is 6.61 Å². The van der Waals surface area contributed by atoms with Gasteiger partial charge in [-0.2, -0.15) is 0 Å². The molecule has 0 unspecified atom stereocenters. The molecule has 138 valence electrons. The summed E-state index contributed by atoms with van der Waals surface area (Å²) in [5, 5.41) is 2.53. The van der Waals surface area contributed by atoms with Gasteiger partial charge in [-0.25, -0.2) is 0 Å². The van der Waals surface area contributed by atoms with Crippen LogP contribution in [0.25, 0.3) is 0 Å². The van der Waals surface area contributed by atoms with Gasteiger partial charge in [0.2, 0.25) is 0 Å². The van der Waals surface area contributed by atoms with Crippen molar-refractivity contribution in [2.24, 2.45) is 5.92 Å². The number of carbonyl (C=O) groups excluding carboxylic acids is 1. The molecule has 26 heavy (non-hydrogen) atoms. The zero-order chi connectivity index (χ0) is 19.2. The standard InChI is InChI=1S/C23H30O2Si/c1-19(17-24)16-20(2)18-25-26(23(3,4)5,21-12-8-6-9-13-21)22-14-10-7-11-15-22/h6-17,20H,18H2,1-5H3/b19-16+/t20-/m1/s1. The summed E-state index contributed by atoms with van der Waals surface area (Å²) in [7, 11) is -2.49. The Kier molecular flexibility index (Phi) is 6.73. The lowest BCUT2D eigenvalue weighted by atomic mass is 10.1. The van der Waals surface area contributed by atoms with Gasteiger partial charge >= 0.3 is 0 Å². The zero-order valence-corrected chi connectivity index (χ0v) is 17.5. The van der Waals surface area contributed by atoms with Crippen LogP contribution in [0.1, 0.15) is 34.6 Å². The molecule has 0 radical (unpaired) electrons. The normalized spacial score (nSPS) is 14.1. The van der Waals surface area contributed by atoms with E-state index in [2.05, 4.69) is 88.4 Å². The molecule has 0 aromatic heterocycles. The first-order valence-corrected chi connectivity index (χ1v) is 11.1. The minimum atomic E-state index is -2.49. The van der Waals surface area contributed by atoms with Crippen LogP contribution in [0.3, 0.4) is 0 Å². The highest BCUT2D eigenvalue weighted by molar-refractivity contribution is 6.99. The van der Waals surface area contributed by atoms with E-state index >= 15 is 0 Å². The van der Waals surface area contributed by atoms with E-state index in [0.717, 1.165) is 11.9 Å². The van der Waals surface area contributed by atoms with E-state index < -0.39 is 8.32 Å². The smallest absolute Gasteiger partial charge is 0.261 e. The summed E-state index contributed by atoms with van der Waals surface area (Å²) in [5.41, 5.74) is 0.753. The number of hydrogen-bond acceptors (Lipinski definition) is 2. The van der Waals surface area contributed by atoms with E-state index in [9.17, 15) is 4.79 Å². The lowest BCUT2D eigenvalue weighted by Crippen LogP contribution is -2.66. The van der Waals surface area contributed by atoms with Crippen molar-refractivity contribution in [1.82, 2.24) is 0 Å². The van der Waals surface area contributed by atoms with E-state index in [1.807, 2.05) is 13.0 Å². The fraction of sp³-hybridized carbons (Fsp3) is 0.348. The van der Waals surface area contributed by atoms with E-state index in [1.165, 1.54) is 10.4 Å². The van der Waals surface area contributed by atoms with E-state index in [1.54, 1.807) is 0 Å². The van der Waals surface area contributed by atoms with Crippen molar-refractivity contribution in [3.63, 3.8) is 0 Å². The van der Waals surface area contributed by atoms with Crippen molar-refractivity contribution in [1.29, 1.82) is 0 Å². The molecule has 2 rings (SSSR count). The summed E-state index contributed by atoms with van der Waals surface area (Å²) in [6.07, 6.45) is 2.89. The van der Waals surface area contributed by atoms with Crippen LogP contribution in [-0.4, -0.2) is 21.2 Å². The minimum absolute atomic E-state index is 0.0289. The summed E-state index contributed by atoms with van der Waals surface area (Å²) >= 11 is 0. The topological polar surface area (TPSA) is 26.3 Å². The van der Waals surface area contributed by atoms with Crippen LogP contribution in [0.2, 0.25) is 5.04 Å². The van der Waals surface area contributed by atoms with Gasteiger partial charge in [-0.1, -0.05) is 94.4 Å². The summed E-state index contributed by atoms with van der Waals surface area (Å²) in [4.78, 5) is 10.9. The molecule has 0 fully saturated rings. The quantitative estimate of drug-likeness (QED) is 0.414. The molecule has 0 aliphatic heterocycles. The first kappa shape index (κ1) is 20.3. The first-order chi connectivity index (χ1) is 12.3. The summed E-state index contributed by atoms with van der Waals surface area (Å²) in [6, 6.07) is 21.3. The fourth-order valence-electron chi connectivity index (χ4n) is 3.55. The lowest BCUT2D eigenvalue weighted by molar-refractivity contribution is -0.104. The summed E-state index contributed by atoms with van der Waals surface area (Å²) < 4.78 is 6.85. The molecule has 3 heteroatoms. The molecule has 0 aliphatic carbocycles. The highest BCUT2D eigenvalue weighted by atomic mass is 28.4.